The van der Waals surface area contributed by atoms with Crippen LogP contribution in [0.25, 0.3) is 10.9 Å². The van der Waals surface area contributed by atoms with Crippen LogP contribution >= 0.6 is 0 Å². The summed E-state index contributed by atoms with van der Waals surface area (Å²) in [6.07, 6.45) is 1.65. The standard InChI is InChI=1S/C16H12F2N2/c17-11-7-10(8-12(18)9-11)16(19)14-5-6-20-15-4-2-1-3-13(14)15/h1-9,16H,19H2. The number of para-hydroxylation sites is 1. The van der Waals surface area contributed by atoms with Gasteiger partial charge in [0.05, 0.1) is 11.6 Å². The van der Waals surface area contributed by atoms with Gasteiger partial charge in [-0.05, 0) is 35.4 Å². The van der Waals surface area contributed by atoms with Crippen LogP contribution in [-0.2, 0) is 0 Å². The average molecular weight is 270 g/mol. The number of fused-ring (bicyclic) bond motifs is 1. The van der Waals surface area contributed by atoms with Crippen LogP contribution in [0.2, 0.25) is 0 Å². The van der Waals surface area contributed by atoms with Gasteiger partial charge in [0.15, 0.2) is 0 Å². The molecule has 0 saturated heterocycles. The Morgan fingerprint density at radius 1 is 0.950 bits per heavy atom. The minimum atomic E-state index is -0.631. The molecule has 0 saturated carbocycles. The number of aromatic nitrogens is 1. The van der Waals surface area contributed by atoms with Crippen LogP contribution in [0.3, 0.4) is 0 Å². The molecular formula is C16H12F2N2. The minimum Gasteiger partial charge on any atom is -0.320 e. The highest BCUT2D eigenvalue weighted by Gasteiger charge is 2.14. The third kappa shape index (κ3) is 2.26. The maximum atomic E-state index is 13.3. The first-order chi connectivity index (χ1) is 9.65. The molecule has 0 radical (unpaired) electrons. The van der Waals surface area contributed by atoms with E-state index in [9.17, 15) is 8.78 Å². The van der Waals surface area contributed by atoms with Gasteiger partial charge >= 0.3 is 0 Å². The summed E-state index contributed by atoms with van der Waals surface area (Å²) in [5.41, 5.74) is 8.16. The van der Waals surface area contributed by atoms with Crippen molar-refractivity contribution in [3.63, 3.8) is 0 Å². The van der Waals surface area contributed by atoms with Crippen molar-refractivity contribution >= 4 is 10.9 Å². The number of benzene rings is 2. The van der Waals surface area contributed by atoms with Crippen LogP contribution in [0, 0.1) is 11.6 Å². The van der Waals surface area contributed by atoms with E-state index in [1.54, 1.807) is 12.3 Å². The molecule has 0 aliphatic rings. The van der Waals surface area contributed by atoms with E-state index in [1.165, 1.54) is 12.1 Å². The molecule has 4 heteroatoms. The highest BCUT2D eigenvalue weighted by atomic mass is 19.1. The predicted octanol–water partition coefficient (Wildman–Crippen LogP) is 3.56. The summed E-state index contributed by atoms with van der Waals surface area (Å²) in [4.78, 5) is 4.25. The molecule has 2 N–H and O–H groups in total. The molecule has 3 rings (SSSR count). The number of nitrogens with zero attached hydrogens (tertiary/aromatic N) is 1. The van der Waals surface area contributed by atoms with Crippen LogP contribution in [0.15, 0.2) is 54.7 Å². The maximum absolute atomic E-state index is 13.3. The number of rotatable bonds is 2. The quantitative estimate of drug-likeness (QED) is 0.773. The fourth-order valence-corrected chi connectivity index (χ4v) is 2.32. The zero-order chi connectivity index (χ0) is 14.1. The lowest BCUT2D eigenvalue weighted by Gasteiger charge is -2.15. The molecule has 0 amide bonds. The van der Waals surface area contributed by atoms with Gasteiger partial charge in [0, 0.05) is 17.6 Å². The Morgan fingerprint density at radius 3 is 2.40 bits per heavy atom. The summed E-state index contributed by atoms with van der Waals surface area (Å²) in [6.45, 7) is 0. The Morgan fingerprint density at radius 2 is 1.65 bits per heavy atom. The van der Waals surface area contributed by atoms with E-state index < -0.39 is 17.7 Å². The van der Waals surface area contributed by atoms with Crippen molar-refractivity contribution in [2.24, 2.45) is 5.73 Å². The van der Waals surface area contributed by atoms with Gasteiger partial charge in [0.25, 0.3) is 0 Å². The summed E-state index contributed by atoms with van der Waals surface area (Å²) >= 11 is 0. The van der Waals surface area contributed by atoms with Crippen molar-refractivity contribution in [2.75, 3.05) is 0 Å². The molecular weight excluding hydrogens is 258 g/mol. The summed E-state index contributed by atoms with van der Waals surface area (Å²) in [5.74, 6) is -1.26. The van der Waals surface area contributed by atoms with Crippen molar-refractivity contribution < 1.29 is 8.78 Å². The molecule has 0 fully saturated rings. The minimum absolute atomic E-state index is 0.402. The lowest BCUT2D eigenvalue weighted by atomic mass is 9.96. The molecule has 1 atom stereocenters. The van der Waals surface area contributed by atoms with Crippen molar-refractivity contribution in [1.29, 1.82) is 0 Å². The van der Waals surface area contributed by atoms with E-state index in [0.717, 1.165) is 22.5 Å². The van der Waals surface area contributed by atoms with Gasteiger partial charge in [0.1, 0.15) is 11.6 Å². The van der Waals surface area contributed by atoms with E-state index in [1.807, 2.05) is 24.3 Å². The van der Waals surface area contributed by atoms with Gasteiger partial charge in [-0.3, -0.25) is 4.98 Å². The topological polar surface area (TPSA) is 38.9 Å². The second kappa shape index (κ2) is 4.98. The van der Waals surface area contributed by atoms with Crippen LogP contribution in [-0.4, -0.2) is 4.98 Å². The normalized spacial score (nSPS) is 12.6. The van der Waals surface area contributed by atoms with Crippen molar-refractivity contribution in [3.05, 3.63) is 77.5 Å². The Hall–Kier alpha value is -2.33. The van der Waals surface area contributed by atoms with Gasteiger partial charge in [-0.2, -0.15) is 0 Å². The SMILES string of the molecule is NC(c1cc(F)cc(F)c1)c1ccnc2ccccc12. The highest BCUT2D eigenvalue weighted by Crippen LogP contribution is 2.26. The molecule has 2 nitrogen and oxygen atoms in total. The number of nitrogens with two attached hydrogens (primary N) is 1. The molecule has 20 heavy (non-hydrogen) atoms. The fourth-order valence-electron chi connectivity index (χ4n) is 2.32. The Balaban J connectivity index is 2.15. The van der Waals surface area contributed by atoms with Crippen LogP contribution in [0.4, 0.5) is 8.78 Å². The van der Waals surface area contributed by atoms with Gasteiger partial charge in [0.2, 0.25) is 0 Å². The first kappa shape index (κ1) is 12.7. The van der Waals surface area contributed by atoms with E-state index in [2.05, 4.69) is 4.98 Å². The molecule has 1 unspecified atom stereocenters. The Bertz CT molecular complexity index is 746. The van der Waals surface area contributed by atoms with E-state index in [0.29, 0.717) is 5.56 Å². The monoisotopic (exact) mass is 270 g/mol. The number of hydrogen-bond donors (Lipinski definition) is 1. The molecule has 3 aromatic rings. The van der Waals surface area contributed by atoms with Crippen molar-refractivity contribution in [1.82, 2.24) is 4.98 Å². The number of hydrogen-bond acceptors (Lipinski definition) is 2. The lowest BCUT2D eigenvalue weighted by Crippen LogP contribution is -2.13. The van der Waals surface area contributed by atoms with Crippen molar-refractivity contribution in [3.8, 4) is 0 Å². The molecule has 100 valence electrons. The molecule has 0 spiro atoms. The molecule has 0 aliphatic carbocycles. The highest BCUT2D eigenvalue weighted by molar-refractivity contribution is 5.82. The first-order valence-corrected chi connectivity index (χ1v) is 6.20. The van der Waals surface area contributed by atoms with Crippen LogP contribution < -0.4 is 5.73 Å². The lowest BCUT2D eigenvalue weighted by molar-refractivity contribution is 0.577. The predicted molar refractivity (Wildman–Crippen MR) is 74.1 cm³/mol. The van der Waals surface area contributed by atoms with E-state index in [4.69, 9.17) is 5.73 Å². The maximum Gasteiger partial charge on any atom is 0.126 e. The summed E-state index contributed by atoms with van der Waals surface area (Å²) in [5, 5.41) is 0.882. The second-order valence-electron chi connectivity index (χ2n) is 4.60. The first-order valence-electron chi connectivity index (χ1n) is 6.20. The van der Waals surface area contributed by atoms with E-state index >= 15 is 0 Å². The summed E-state index contributed by atoms with van der Waals surface area (Å²) in [7, 11) is 0. The molecule has 2 aromatic carbocycles. The summed E-state index contributed by atoms with van der Waals surface area (Å²) in [6, 6.07) is 12.0. The zero-order valence-corrected chi connectivity index (χ0v) is 10.6. The summed E-state index contributed by atoms with van der Waals surface area (Å²) < 4.78 is 26.6. The van der Waals surface area contributed by atoms with Gasteiger partial charge in [-0.1, -0.05) is 18.2 Å². The Kier molecular flexibility index (Phi) is 3.16. The largest absolute Gasteiger partial charge is 0.320 e. The van der Waals surface area contributed by atoms with Crippen LogP contribution in [0.1, 0.15) is 17.2 Å². The zero-order valence-electron chi connectivity index (χ0n) is 10.6. The smallest absolute Gasteiger partial charge is 0.126 e. The van der Waals surface area contributed by atoms with Gasteiger partial charge < -0.3 is 5.73 Å². The average Bonchev–Trinajstić information content (AvgIpc) is 2.45. The molecule has 1 heterocycles. The van der Waals surface area contributed by atoms with Gasteiger partial charge in [-0.15, -0.1) is 0 Å². The Labute approximate surface area is 114 Å². The number of pyridine rings is 1. The van der Waals surface area contributed by atoms with Crippen LogP contribution in [0.5, 0.6) is 0 Å². The third-order valence-electron chi connectivity index (χ3n) is 3.26. The van der Waals surface area contributed by atoms with Crippen molar-refractivity contribution in [2.45, 2.75) is 6.04 Å². The molecule has 0 aliphatic heterocycles. The fraction of sp³-hybridized carbons (Fsp3) is 0.0625. The number of halogens is 2. The molecule has 1 aromatic heterocycles. The second-order valence-corrected chi connectivity index (χ2v) is 4.60. The third-order valence-corrected chi connectivity index (χ3v) is 3.26. The molecule has 0 bridgehead atoms. The van der Waals surface area contributed by atoms with Gasteiger partial charge in [-0.25, -0.2) is 8.78 Å². The van der Waals surface area contributed by atoms with E-state index in [-0.39, 0.29) is 0 Å².